The smallest absolute Gasteiger partial charge is 0.289 e. The van der Waals surface area contributed by atoms with Crippen molar-refractivity contribution in [3.63, 3.8) is 0 Å². The van der Waals surface area contributed by atoms with Crippen molar-refractivity contribution in [1.29, 1.82) is 0 Å². The molecule has 1 amide bonds. The van der Waals surface area contributed by atoms with E-state index in [4.69, 9.17) is 4.42 Å². The molecule has 4 heterocycles. The van der Waals surface area contributed by atoms with Gasteiger partial charge in [0, 0.05) is 24.4 Å². The van der Waals surface area contributed by atoms with E-state index in [-0.39, 0.29) is 34.6 Å². The molecular formula is C21H25F2N5O2. The second kappa shape index (κ2) is 7.45. The Morgan fingerprint density at radius 3 is 2.73 bits per heavy atom. The zero-order chi connectivity index (χ0) is 21.6. The first kappa shape index (κ1) is 20.4. The quantitative estimate of drug-likeness (QED) is 0.638. The highest BCUT2D eigenvalue weighted by molar-refractivity contribution is 5.91. The monoisotopic (exact) mass is 417 g/mol. The zero-order valence-electron chi connectivity index (χ0n) is 17.5. The number of likely N-dealkylation sites (tertiary alicyclic amines) is 1. The van der Waals surface area contributed by atoms with Gasteiger partial charge in [0.05, 0.1) is 5.69 Å². The van der Waals surface area contributed by atoms with Gasteiger partial charge in [-0.25, -0.2) is 18.3 Å². The molecule has 0 aromatic carbocycles. The number of halogens is 2. The maximum absolute atomic E-state index is 13.4. The highest BCUT2D eigenvalue weighted by Gasteiger charge is 2.34. The average Bonchev–Trinajstić information content (AvgIpc) is 3.36. The minimum absolute atomic E-state index is 0.138. The molecule has 1 saturated heterocycles. The van der Waals surface area contributed by atoms with Crippen LogP contribution < -0.4 is 0 Å². The maximum Gasteiger partial charge on any atom is 0.289 e. The third kappa shape index (κ3) is 3.68. The molecule has 1 aliphatic heterocycles. The van der Waals surface area contributed by atoms with Crippen molar-refractivity contribution >= 4 is 11.7 Å². The fraction of sp³-hybridized carbons (Fsp3) is 0.524. The van der Waals surface area contributed by atoms with Gasteiger partial charge < -0.3 is 9.32 Å². The van der Waals surface area contributed by atoms with Crippen LogP contribution in [0.5, 0.6) is 0 Å². The number of alkyl halides is 2. The predicted octanol–water partition coefficient (Wildman–Crippen LogP) is 4.22. The van der Waals surface area contributed by atoms with Gasteiger partial charge in [0.1, 0.15) is 17.8 Å². The van der Waals surface area contributed by atoms with E-state index in [1.807, 2.05) is 26.8 Å². The van der Waals surface area contributed by atoms with Crippen LogP contribution in [0.2, 0.25) is 0 Å². The summed E-state index contributed by atoms with van der Waals surface area (Å²) in [5, 5.41) is 4.16. The molecule has 9 heteroatoms. The zero-order valence-corrected chi connectivity index (χ0v) is 17.5. The Bertz CT molecular complexity index is 1070. The number of amides is 1. The number of nitrogens with zero attached hydrogens (tertiary/aromatic N) is 5. The van der Waals surface area contributed by atoms with Crippen LogP contribution in [0.15, 0.2) is 28.9 Å². The molecule has 3 aromatic heterocycles. The van der Waals surface area contributed by atoms with E-state index in [1.54, 1.807) is 11.0 Å². The Kier molecular flexibility index (Phi) is 5.07. The van der Waals surface area contributed by atoms with Gasteiger partial charge in [-0.2, -0.15) is 10.1 Å². The van der Waals surface area contributed by atoms with Gasteiger partial charge in [-0.15, -0.1) is 0 Å². The fourth-order valence-electron chi connectivity index (χ4n) is 3.88. The summed E-state index contributed by atoms with van der Waals surface area (Å²) in [7, 11) is 0. The summed E-state index contributed by atoms with van der Waals surface area (Å²) < 4.78 is 34.1. The molecule has 0 saturated carbocycles. The molecule has 1 aliphatic rings. The van der Waals surface area contributed by atoms with Gasteiger partial charge in [-0.1, -0.05) is 27.7 Å². The van der Waals surface area contributed by atoms with Crippen molar-refractivity contribution in [3.05, 3.63) is 47.4 Å². The van der Waals surface area contributed by atoms with Gasteiger partial charge in [-0.3, -0.25) is 4.79 Å². The van der Waals surface area contributed by atoms with Gasteiger partial charge in [0.25, 0.3) is 18.1 Å². The van der Waals surface area contributed by atoms with Gasteiger partial charge in [-0.05, 0) is 30.5 Å². The molecule has 0 spiro atoms. The lowest BCUT2D eigenvalue weighted by Crippen LogP contribution is -2.42. The number of piperidine rings is 1. The van der Waals surface area contributed by atoms with Crippen LogP contribution in [0, 0.1) is 5.92 Å². The molecular weight excluding hydrogens is 392 g/mol. The highest BCUT2D eigenvalue weighted by Crippen LogP contribution is 2.34. The summed E-state index contributed by atoms with van der Waals surface area (Å²) in [6, 6.07) is 4.91. The number of rotatable bonds is 3. The Hall–Kier alpha value is -2.84. The summed E-state index contributed by atoms with van der Waals surface area (Å²) in [6.07, 6.45) is -0.666. The fourth-order valence-corrected chi connectivity index (χ4v) is 3.88. The van der Waals surface area contributed by atoms with Crippen molar-refractivity contribution < 1.29 is 18.0 Å². The molecule has 0 unspecified atom stereocenters. The lowest BCUT2D eigenvalue weighted by atomic mass is 9.84. The standard InChI is InChI=1S/C21H25F2N5O2/c1-12-7-8-27(19(29)16-5-6-17(30-16)21(2,3)4)10-13(12)15-9-14(18(22)23)26-20-24-11-25-28(15)20/h5-6,9,11-13,18H,7-8,10H2,1-4H3/t12-,13-/m1/s1. The third-order valence-electron chi connectivity index (χ3n) is 5.70. The molecule has 0 bridgehead atoms. The number of hydrogen-bond acceptors (Lipinski definition) is 5. The number of carbonyl (C=O) groups is 1. The molecule has 30 heavy (non-hydrogen) atoms. The van der Waals surface area contributed by atoms with Gasteiger partial charge in [0.15, 0.2) is 5.76 Å². The van der Waals surface area contributed by atoms with Crippen molar-refractivity contribution in [2.75, 3.05) is 13.1 Å². The van der Waals surface area contributed by atoms with Crippen LogP contribution in [-0.4, -0.2) is 43.5 Å². The molecule has 0 radical (unpaired) electrons. The van der Waals surface area contributed by atoms with E-state index >= 15 is 0 Å². The van der Waals surface area contributed by atoms with Crippen LogP contribution in [-0.2, 0) is 5.41 Å². The minimum atomic E-state index is -2.71. The summed E-state index contributed by atoms with van der Waals surface area (Å²) in [4.78, 5) is 22.7. The second-order valence-electron chi connectivity index (χ2n) is 8.92. The molecule has 2 atom stereocenters. The number of fused-ring (bicyclic) bond motifs is 1. The Balaban J connectivity index is 1.64. The van der Waals surface area contributed by atoms with Crippen LogP contribution in [0.25, 0.3) is 5.78 Å². The first-order valence-electron chi connectivity index (χ1n) is 10.0. The van der Waals surface area contributed by atoms with Crippen molar-refractivity contribution in [3.8, 4) is 0 Å². The van der Waals surface area contributed by atoms with E-state index in [0.717, 1.165) is 12.2 Å². The van der Waals surface area contributed by atoms with Crippen LogP contribution >= 0.6 is 0 Å². The number of aromatic nitrogens is 4. The van der Waals surface area contributed by atoms with E-state index in [1.165, 1.54) is 16.9 Å². The third-order valence-corrected chi connectivity index (χ3v) is 5.70. The summed E-state index contributed by atoms with van der Waals surface area (Å²) in [5.41, 5.74) is 0.0634. The van der Waals surface area contributed by atoms with E-state index in [2.05, 4.69) is 22.0 Å². The molecule has 0 aliphatic carbocycles. The van der Waals surface area contributed by atoms with Gasteiger partial charge in [0.2, 0.25) is 0 Å². The van der Waals surface area contributed by atoms with E-state index < -0.39 is 6.43 Å². The minimum Gasteiger partial charge on any atom is -0.455 e. The molecule has 0 N–H and O–H groups in total. The summed E-state index contributed by atoms with van der Waals surface area (Å²) in [5.74, 6) is 0.982. The Labute approximate surface area is 173 Å². The van der Waals surface area contributed by atoms with Crippen molar-refractivity contribution in [1.82, 2.24) is 24.5 Å². The predicted molar refractivity (Wildman–Crippen MR) is 106 cm³/mol. The molecule has 160 valence electrons. The molecule has 3 aromatic rings. The van der Waals surface area contributed by atoms with Crippen LogP contribution in [0.1, 0.15) is 74.2 Å². The lowest BCUT2D eigenvalue weighted by molar-refractivity contribution is 0.0630. The second-order valence-corrected chi connectivity index (χ2v) is 8.92. The Morgan fingerprint density at radius 2 is 2.07 bits per heavy atom. The number of furan rings is 1. The van der Waals surface area contributed by atoms with E-state index in [9.17, 15) is 13.6 Å². The first-order chi connectivity index (χ1) is 14.1. The maximum atomic E-state index is 13.4. The average molecular weight is 417 g/mol. The van der Waals surface area contributed by atoms with Crippen LogP contribution in [0.3, 0.4) is 0 Å². The lowest BCUT2D eigenvalue weighted by Gasteiger charge is -2.37. The topological polar surface area (TPSA) is 76.5 Å². The number of carbonyl (C=O) groups excluding carboxylic acids is 1. The molecule has 7 nitrogen and oxygen atoms in total. The normalized spacial score (nSPS) is 20.3. The number of hydrogen-bond donors (Lipinski definition) is 0. The summed E-state index contributed by atoms with van der Waals surface area (Å²) >= 11 is 0. The van der Waals surface area contributed by atoms with Gasteiger partial charge >= 0.3 is 0 Å². The van der Waals surface area contributed by atoms with Crippen molar-refractivity contribution in [2.24, 2.45) is 5.92 Å². The molecule has 4 rings (SSSR count). The first-order valence-corrected chi connectivity index (χ1v) is 10.0. The van der Waals surface area contributed by atoms with E-state index in [0.29, 0.717) is 24.5 Å². The SMILES string of the molecule is C[C@@H]1CCN(C(=O)c2ccc(C(C)(C)C)o2)C[C@H]1c1cc(C(F)F)nc2ncnn12. The van der Waals surface area contributed by atoms with Crippen LogP contribution in [0.4, 0.5) is 8.78 Å². The molecule has 1 fully saturated rings. The summed E-state index contributed by atoms with van der Waals surface area (Å²) in [6.45, 7) is 9.08. The largest absolute Gasteiger partial charge is 0.455 e. The van der Waals surface area contributed by atoms with Crippen molar-refractivity contribution in [2.45, 2.75) is 51.9 Å². The Morgan fingerprint density at radius 1 is 1.30 bits per heavy atom. The highest BCUT2D eigenvalue weighted by atomic mass is 19.3.